The Bertz CT molecular complexity index is 893. The molecule has 0 bridgehead atoms. The highest BCUT2D eigenvalue weighted by Gasteiger charge is 2.27. The van der Waals surface area contributed by atoms with Gasteiger partial charge in [-0.1, -0.05) is 0 Å². The number of rotatable bonds is 6. The van der Waals surface area contributed by atoms with Gasteiger partial charge in [0, 0.05) is 50.3 Å². The average Bonchev–Trinajstić information content (AvgIpc) is 2.75. The second-order valence-corrected chi connectivity index (χ2v) is 7.66. The summed E-state index contributed by atoms with van der Waals surface area (Å²) in [5.74, 6) is 0.352. The van der Waals surface area contributed by atoms with Gasteiger partial charge in [0.2, 0.25) is 0 Å². The van der Waals surface area contributed by atoms with E-state index in [9.17, 15) is 9.18 Å². The van der Waals surface area contributed by atoms with Crippen LogP contribution in [0.3, 0.4) is 0 Å². The van der Waals surface area contributed by atoms with Crippen molar-refractivity contribution in [1.82, 2.24) is 14.9 Å². The molecule has 1 atom stereocenters. The number of allylic oxidation sites excluding steroid dienone is 1. The molecule has 2 aliphatic rings. The molecular weight excluding hydrogens is 403 g/mol. The molecule has 1 aliphatic heterocycles. The summed E-state index contributed by atoms with van der Waals surface area (Å²) in [5, 5.41) is 8.61. The van der Waals surface area contributed by atoms with E-state index in [-0.39, 0.29) is 30.1 Å². The number of nitrogens with zero attached hydrogens (tertiary/aromatic N) is 4. The molecule has 0 radical (unpaired) electrons. The first-order valence-electron chi connectivity index (χ1n) is 10.4. The fourth-order valence-electron chi connectivity index (χ4n) is 3.48. The average molecular weight is 433 g/mol. The number of amides is 1. The van der Waals surface area contributed by atoms with Gasteiger partial charge in [-0.3, -0.25) is 5.41 Å². The molecule has 1 aromatic rings. The molecule has 2 heterocycles. The molecule has 0 aromatic carbocycles. The standard InChI is InChI=1S/C21H29FN6O3/c1-4-30-21(29)28-7-5-27(6-8-28)19-11-17(25-12-26-19)20(24)14-9-18(31-13(2)3)15(22)10-16(14)23/h9,11-13,16,24H,4-8,10,23H2,1-3H3. The monoisotopic (exact) mass is 432 g/mol. The number of hydrogen-bond acceptors (Lipinski definition) is 8. The zero-order chi connectivity index (χ0) is 22.5. The van der Waals surface area contributed by atoms with Gasteiger partial charge in [-0.2, -0.15) is 0 Å². The third-order valence-electron chi connectivity index (χ3n) is 5.04. The Morgan fingerprint density at radius 3 is 2.68 bits per heavy atom. The molecule has 0 spiro atoms. The first-order chi connectivity index (χ1) is 14.8. The Labute approximate surface area is 181 Å². The maximum Gasteiger partial charge on any atom is 0.409 e. The normalized spacial score (nSPS) is 19.4. The van der Waals surface area contributed by atoms with E-state index in [0.29, 0.717) is 49.9 Å². The van der Waals surface area contributed by atoms with Gasteiger partial charge >= 0.3 is 6.09 Å². The fourth-order valence-corrected chi connectivity index (χ4v) is 3.48. The van der Waals surface area contributed by atoms with Gasteiger partial charge in [0.05, 0.1) is 24.1 Å². The van der Waals surface area contributed by atoms with E-state index >= 15 is 0 Å². The third-order valence-corrected chi connectivity index (χ3v) is 5.04. The number of nitrogens with two attached hydrogens (primary N) is 1. The van der Waals surface area contributed by atoms with Gasteiger partial charge in [-0.25, -0.2) is 19.2 Å². The molecule has 0 saturated carbocycles. The lowest BCUT2D eigenvalue weighted by Gasteiger charge is -2.34. The van der Waals surface area contributed by atoms with Crippen LogP contribution in [-0.4, -0.2) is 71.6 Å². The summed E-state index contributed by atoms with van der Waals surface area (Å²) in [5.41, 5.74) is 7.08. The summed E-state index contributed by atoms with van der Waals surface area (Å²) in [7, 11) is 0. The molecule has 1 amide bonds. The fraction of sp³-hybridized carbons (Fsp3) is 0.524. The zero-order valence-electron chi connectivity index (χ0n) is 18.1. The van der Waals surface area contributed by atoms with Crippen molar-refractivity contribution in [1.29, 1.82) is 5.41 Å². The largest absolute Gasteiger partial charge is 0.488 e. The second-order valence-electron chi connectivity index (χ2n) is 7.66. The Morgan fingerprint density at radius 1 is 1.32 bits per heavy atom. The Hall–Kier alpha value is -3.01. The van der Waals surface area contributed by atoms with E-state index in [4.69, 9.17) is 20.6 Å². The van der Waals surface area contributed by atoms with Crippen LogP contribution in [0.25, 0.3) is 0 Å². The van der Waals surface area contributed by atoms with Crippen LogP contribution in [0, 0.1) is 5.41 Å². The molecule has 1 unspecified atom stereocenters. The number of anilines is 1. The highest BCUT2D eigenvalue weighted by molar-refractivity contribution is 6.10. The van der Waals surface area contributed by atoms with Gasteiger partial charge in [0.25, 0.3) is 0 Å². The number of nitrogens with one attached hydrogen (secondary N) is 1. The predicted molar refractivity (Wildman–Crippen MR) is 115 cm³/mol. The van der Waals surface area contributed by atoms with E-state index in [0.717, 1.165) is 0 Å². The molecule has 10 heteroatoms. The summed E-state index contributed by atoms with van der Waals surface area (Å²) in [6.07, 6.45) is 2.36. The van der Waals surface area contributed by atoms with E-state index in [1.807, 2.05) is 18.7 Å². The van der Waals surface area contributed by atoms with Crippen molar-refractivity contribution >= 4 is 17.6 Å². The van der Waals surface area contributed by atoms with E-state index in [2.05, 4.69) is 9.97 Å². The van der Waals surface area contributed by atoms with Crippen molar-refractivity contribution in [2.45, 2.75) is 39.3 Å². The maximum absolute atomic E-state index is 14.2. The predicted octanol–water partition coefficient (Wildman–Crippen LogP) is 2.39. The first kappa shape index (κ1) is 22.7. The number of aromatic nitrogens is 2. The van der Waals surface area contributed by atoms with Crippen molar-refractivity contribution in [3.05, 3.63) is 41.3 Å². The molecule has 1 aromatic heterocycles. The highest BCUT2D eigenvalue weighted by Crippen LogP contribution is 2.28. The van der Waals surface area contributed by atoms with Gasteiger partial charge in [-0.05, 0) is 26.8 Å². The zero-order valence-corrected chi connectivity index (χ0v) is 18.1. The van der Waals surface area contributed by atoms with Gasteiger partial charge in [-0.15, -0.1) is 0 Å². The highest BCUT2D eigenvalue weighted by atomic mass is 19.1. The number of ether oxygens (including phenoxy) is 2. The maximum atomic E-state index is 14.2. The van der Waals surface area contributed by atoms with Crippen LogP contribution in [0.1, 0.15) is 32.9 Å². The van der Waals surface area contributed by atoms with Crippen molar-refractivity contribution < 1.29 is 18.7 Å². The minimum Gasteiger partial charge on any atom is -0.488 e. The smallest absolute Gasteiger partial charge is 0.409 e. The summed E-state index contributed by atoms with van der Waals surface area (Å²) < 4.78 is 24.8. The van der Waals surface area contributed by atoms with Gasteiger partial charge < -0.3 is 25.0 Å². The Kier molecular flexibility index (Phi) is 7.21. The van der Waals surface area contributed by atoms with Crippen LogP contribution in [0.5, 0.6) is 0 Å². The molecule has 1 aliphatic carbocycles. The first-order valence-corrected chi connectivity index (χ1v) is 10.4. The van der Waals surface area contributed by atoms with Gasteiger partial charge in [0.15, 0.2) is 5.76 Å². The van der Waals surface area contributed by atoms with Gasteiger partial charge in [0.1, 0.15) is 18.0 Å². The number of carbonyl (C=O) groups is 1. The van der Waals surface area contributed by atoms with Crippen LogP contribution in [0.2, 0.25) is 0 Å². The van der Waals surface area contributed by atoms with Crippen LogP contribution in [0.15, 0.2) is 35.6 Å². The summed E-state index contributed by atoms with van der Waals surface area (Å²) in [4.78, 5) is 24.1. The molecule has 168 valence electrons. The van der Waals surface area contributed by atoms with Crippen LogP contribution < -0.4 is 10.6 Å². The topological polar surface area (TPSA) is 118 Å². The van der Waals surface area contributed by atoms with E-state index in [1.54, 1.807) is 17.9 Å². The lowest BCUT2D eigenvalue weighted by Crippen LogP contribution is -2.49. The molecular formula is C21H29FN6O3. The molecule has 9 nitrogen and oxygen atoms in total. The lowest BCUT2D eigenvalue weighted by molar-refractivity contribution is 0.105. The van der Waals surface area contributed by atoms with Crippen molar-refractivity contribution in [3.8, 4) is 0 Å². The minimum absolute atomic E-state index is 0.0238. The molecule has 3 rings (SSSR count). The summed E-state index contributed by atoms with van der Waals surface area (Å²) in [6.45, 7) is 7.96. The van der Waals surface area contributed by atoms with Crippen molar-refractivity contribution in [2.75, 3.05) is 37.7 Å². The quantitative estimate of drug-likeness (QED) is 0.663. The van der Waals surface area contributed by atoms with Crippen LogP contribution in [0.4, 0.5) is 15.0 Å². The second kappa shape index (κ2) is 9.86. The number of piperazine rings is 1. The molecule has 1 fully saturated rings. The van der Waals surface area contributed by atoms with Crippen LogP contribution in [-0.2, 0) is 9.47 Å². The van der Waals surface area contributed by atoms with Crippen molar-refractivity contribution in [2.24, 2.45) is 5.73 Å². The summed E-state index contributed by atoms with van der Waals surface area (Å²) in [6, 6.07) is 1.06. The van der Waals surface area contributed by atoms with E-state index in [1.165, 1.54) is 12.4 Å². The SMILES string of the molecule is CCOC(=O)N1CCN(c2cc(C(=N)C3=CC(OC(C)C)=C(F)CC3N)ncn2)CC1. The Balaban J connectivity index is 1.74. The Morgan fingerprint density at radius 2 is 2.03 bits per heavy atom. The van der Waals surface area contributed by atoms with Crippen molar-refractivity contribution in [3.63, 3.8) is 0 Å². The number of hydrogen-bond donors (Lipinski definition) is 2. The minimum atomic E-state index is -0.654. The molecule has 3 N–H and O–H groups in total. The van der Waals surface area contributed by atoms with E-state index < -0.39 is 11.9 Å². The lowest BCUT2D eigenvalue weighted by atomic mass is 9.92. The third kappa shape index (κ3) is 5.38. The molecule has 31 heavy (non-hydrogen) atoms. The summed E-state index contributed by atoms with van der Waals surface area (Å²) >= 11 is 0. The number of carbonyl (C=O) groups excluding carboxylic acids is 1. The molecule has 1 saturated heterocycles. The van der Waals surface area contributed by atoms with Crippen LogP contribution >= 0.6 is 0 Å². The number of halogens is 1.